The molecule has 0 saturated heterocycles. The zero-order valence-corrected chi connectivity index (χ0v) is 10.6. The van der Waals surface area contributed by atoms with Crippen molar-refractivity contribution in [3.63, 3.8) is 0 Å². The molecule has 0 aliphatic rings. The number of halogens is 1. The molecule has 5 nitrogen and oxygen atoms in total. The number of ether oxygens (including phenoxy) is 2. The predicted octanol–water partition coefficient (Wildman–Crippen LogP) is 1.00. The number of carbonyl (C=O) groups excluding carboxylic acids is 1. The standard InChI is InChI=1S/C11H16N2O3.ClH/c1-7(14)16-10-4-3-8(9(13)6-12)5-11(10)15-2;/h3-5,9H,6,12-13H2,1-2H3;1H/t9-;/m0./s1. The average molecular weight is 261 g/mol. The van der Waals surface area contributed by atoms with E-state index in [1.165, 1.54) is 14.0 Å². The Morgan fingerprint density at radius 1 is 1.41 bits per heavy atom. The summed E-state index contributed by atoms with van der Waals surface area (Å²) in [4.78, 5) is 10.8. The number of methoxy groups -OCH3 is 1. The van der Waals surface area contributed by atoms with Crippen molar-refractivity contribution in [2.45, 2.75) is 13.0 Å². The van der Waals surface area contributed by atoms with Crippen LogP contribution in [0.15, 0.2) is 18.2 Å². The van der Waals surface area contributed by atoms with Gasteiger partial charge in [0.15, 0.2) is 11.5 Å². The first kappa shape index (κ1) is 15.7. The molecular formula is C11H17ClN2O3. The molecule has 96 valence electrons. The van der Waals surface area contributed by atoms with E-state index in [1.54, 1.807) is 18.2 Å². The molecule has 0 amide bonds. The Kier molecular flexibility index (Phi) is 6.57. The first-order valence-corrected chi connectivity index (χ1v) is 4.90. The van der Waals surface area contributed by atoms with E-state index in [-0.39, 0.29) is 18.4 Å². The van der Waals surface area contributed by atoms with Crippen LogP contribution < -0.4 is 20.9 Å². The number of hydrogen-bond acceptors (Lipinski definition) is 5. The molecular weight excluding hydrogens is 244 g/mol. The van der Waals surface area contributed by atoms with E-state index < -0.39 is 5.97 Å². The van der Waals surface area contributed by atoms with E-state index in [1.807, 2.05) is 0 Å². The summed E-state index contributed by atoms with van der Waals surface area (Å²) in [5.74, 6) is 0.453. The van der Waals surface area contributed by atoms with Crippen molar-refractivity contribution in [3.05, 3.63) is 23.8 Å². The van der Waals surface area contributed by atoms with E-state index in [9.17, 15) is 4.79 Å². The van der Waals surface area contributed by atoms with E-state index >= 15 is 0 Å². The third-order valence-electron chi connectivity index (χ3n) is 2.12. The number of nitrogens with two attached hydrogens (primary N) is 2. The molecule has 0 aliphatic heterocycles. The number of carbonyl (C=O) groups is 1. The minimum absolute atomic E-state index is 0. The summed E-state index contributed by atoms with van der Waals surface area (Å²) in [6.45, 7) is 1.68. The fraction of sp³-hybridized carbons (Fsp3) is 0.364. The van der Waals surface area contributed by atoms with E-state index in [4.69, 9.17) is 20.9 Å². The van der Waals surface area contributed by atoms with Crippen LogP contribution in [-0.4, -0.2) is 19.6 Å². The third-order valence-corrected chi connectivity index (χ3v) is 2.12. The van der Waals surface area contributed by atoms with Gasteiger partial charge in [-0.1, -0.05) is 6.07 Å². The van der Waals surface area contributed by atoms with Gasteiger partial charge in [-0.05, 0) is 17.7 Å². The Bertz CT molecular complexity index is 385. The highest BCUT2D eigenvalue weighted by molar-refractivity contribution is 5.85. The Hall–Kier alpha value is -1.30. The maximum absolute atomic E-state index is 10.8. The van der Waals surface area contributed by atoms with Crippen LogP contribution in [0.25, 0.3) is 0 Å². The quantitative estimate of drug-likeness (QED) is 0.623. The van der Waals surface area contributed by atoms with Crippen LogP contribution in [0.1, 0.15) is 18.5 Å². The molecule has 0 fully saturated rings. The lowest BCUT2D eigenvalue weighted by Gasteiger charge is -2.13. The molecule has 0 heterocycles. The van der Waals surface area contributed by atoms with E-state index in [0.29, 0.717) is 18.0 Å². The Labute approximate surface area is 106 Å². The van der Waals surface area contributed by atoms with Crippen LogP contribution in [0.2, 0.25) is 0 Å². The molecule has 0 spiro atoms. The molecule has 0 aliphatic carbocycles. The molecule has 1 atom stereocenters. The molecule has 0 radical (unpaired) electrons. The van der Waals surface area contributed by atoms with Crippen LogP contribution >= 0.6 is 12.4 Å². The maximum atomic E-state index is 10.8. The highest BCUT2D eigenvalue weighted by atomic mass is 35.5. The van der Waals surface area contributed by atoms with Gasteiger partial charge in [0.1, 0.15) is 0 Å². The van der Waals surface area contributed by atoms with Crippen molar-refractivity contribution in [1.82, 2.24) is 0 Å². The van der Waals surface area contributed by atoms with Gasteiger partial charge in [-0.15, -0.1) is 12.4 Å². The topological polar surface area (TPSA) is 87.6 Å². The van der Waals surface area contributed by atoms with Crippen molar-refractivity contribution < 1.29 is 14.3 Å². The first-order valence-electron chi connectivity index (χ1n) is 4.90. The largest absolute Gasteiger partial charge is 0.493 e. The molecule has 0 unspecified atom stereocenters. The normalized spacial score (nSPS) is 11.3. The summed E-state index contributed by atoms with van der Waals surface area (Å²) >= 11 is 0. The second-order valence-corrected chi connectivity index (χ2v) is 3.35. The van der Waals surface area contributed by atoms with Gasteiger partial charge in [-0.2, -0.15) is 0 Å². The zero-order valence-electron chi connectivity index (χ0n) is 9.80. The molecule has 0 bridgehead atoms. The summed E-state index contributed by atoms with van der Waals surface area (Å²) < 4.78 is 10.1. The molecule has 0 saturated carbocycles. The molecule has 1 aromatic carbocycles. The second kappa shape index (κ2) is 7.11. The summed E-state index contributed by atoms with van der Waals surface area (Å²) in [5, 5.41) is 0. The fourth-order valence-electron chi connectivity index (χ4n) is 1.29. The van der Waals surface area contributed by atoms with Gasteiger partial charge in [0.25, 0.3) is 0 Å². The minimum Gasteiger partial charge on any atom is -0.493 e. The van der Waals surface area contributed by atoms with Crippen molar-refractivity contribution in [3.8, 4) is 11.5 Å². The summed E-state index contributed by atoms with van der Waals surface area (Å²) in [7, 11) is 1.50. The van der Waals surface area contributed by atoms with Gasteiger partial charge in [-0.25, -0.2) is 0 Å². The molecule has 1 aromatic rings. The maximum Gasteiger partial charge on any atom is 0.308 e. The minimum atomic E-state index is -0.394. The van der Waals surface area contributed by atoms with E-state index in [2.05, 4.69) is 0 Å². The van der Waals surface area contributed by atoms with Crippen LogP contribution in [0.3, 0.4) is 0 Å². The molecule has 0 aromatic heterocycles. The highest BCUT2D eigenvalue weighted by Crippen LogP contribution is 2.29. The summed E-state index contributed by atoms with van der Waals surface area (Å²) in [6, 6.07) is 4.87. The van der Waals surface area contributed by atoms with Crippen LogP contribution in [-0.2, 0) is 4.79 Å². The second-order valence-electron chi connectivity index (χ2n) is 3.35. The van der Waals surface area contributed by atoms with E-state index in [0.717, 1.165) is 5.56 Å². The summed E-state index contributed by atoms with van der Waals surface area (Å²) in [5.41, 5.74) is 12.1. The summed E-state index contributed by atoms with van der Waals surface area (Å²) in [6.07, 6.45) is 0. The Balaban J connectivity index is 0.00000256. The smallest absolute Gasteiger partial charge is 0.308 e. The molecule has 6 heteroatoms. The number of hydrogen-bond donors (Lipinski definition) is 2. The van der Waals surface area contributed by atoms with Gasteiger partial charge < -0.3 is 20.9 Å². The molecule has 4 N–H and O–H groups in total. The number of rotatable bonds is 4. The van der Waals surface area contributed by atoms with Crippen LogP contribution in [0.5, 0.6) is 11.5 Å². The number of esters is 1. The van der Waals surface area contributed by atoms with Gasteiger partial charge in [-0.3, -0.25) is 4.79 Å². The van der Waals surface area contributed by atoms with Crippen molar-refractivity contribution in [2.24, 2.45) is 11.5 Å². The van der Waals surface area contributed by atoms with Crippen molar-refractivity contribution >= 4 is 18.4 Å². The van der Waals surface area contributed by atoms with Gasteiger partial charge in [0.05, 0.1) is 7.11 Å². The first-order chi connectivity index (χ1) is 7.58. The fourth-order valence-corrected chi connectivity index (χ4v) is 1.29. The van der Waals surface area contributed by atoms with Crippen molar-refractivity contribution in [2.75, 3.05) is 13.7 Å². The van der Waals surface area contributed by atoms with Crippen molar-refractivity contribution in [1.29, 1.82) is 0 Å². The van der Waals surface area contributed by atoms with Gasteiger partial charge >= 0.3 is 5.97 Å². The SMILES string of the molecule is COc1cc([C@@H](N)CN)ccc1OC(C)=O.Cl. The lowest BCUT2D eigenvalue weighted by molar-refractivity contribution is -0.132. The van der Waals surface area contributed by atoms with Gasteiger partial charge in [0, 0.05) is 19.5 Å². The lowest BCUT2D eigenvalue weighted by atomic mass is 10.1. The average Bonchev–Trinajstić information content (AvgIpc) is 2.27. The third kappa shape index (κ3) is 4.22. The van der Waals surface area contributed by atoms with Crippen LogP contribution in [0.4, 0.5) is 0 Å². The predicted molar refractivity (Wildman–Crippen MR) is 67.5 cm³/mol. The molecule has 17 heavy (non-hydrogen) atoms. The Morgan fingerprint density at radius 2 is 2.06 bits per heavy atom. The Morgan fingerprint density at radius 3 is 2.53 bits per heavy atom. The molecule has 1 rings (SSSR count). The number of benzene rings is 1. The van der Waals surface area contributed by atoms with Crippen LogP contribution in [0, 0.1) is 0 Å². The lowest BCUT2D eigenvalue weighted by Crippen LogP contribution is -2.20. The highest BCUT2D eigenvalue weighted by Gasteiger charge is 2.11. The zero-order chi connectivity index (χ0) is 12.1. The monoisotopic (exact) mass is 260 g/mol. The van der Waals surface area contributed by atoms with Gasteiger partial charge in [0.2, 0.25) is 0 Å².